The van der Waals surface area contributed by atoms with Crippen LogP contribution in [0.5, 0.6) is 0 Å². The number of ether oxygens (including phenoxy) is 1. The van der Waals surface area contributed by atoms with Gasteiger partial charge in [-0.3, -0.25) is 0 Å². The average Bonchev–Trinajstić information content (AvgIpc) is 3.21. The predicted molar refractivity (Wildman–Crippen MR) is 192 cm³/mol. The molecular formula is C35H65BO6Si2. The lowest BCUT2D eigenvalue weighted by molar-refractivity contribution is -0.137. The maximum atomic E-state index is 11.9. The molecule has 0 aromatic heterocycles. The van der Waals surface area contributed by atoms with Crippen LogP contribution in [0.3, 0.4) is 0 Å². The summed E-state index contributed by atoms with van der Waals surface area (Å²) in [6.45, 7) is 28.5. The van der Waals surface area contributed by atoms with Crippen LogP contribution in [0, 0.1) is 5.92 Å². The largest absolute Gasteiger partial charge is 0.487 e. The van der Waals surface area contributed by atoms with Gasteiger partial charge < -0.3 is 22.9 Å². The second kappa shape index (κ2) is 18.8. The smallest absolute Gasteiger partial charge is 0.463 e. The number of rotatable bonds is 20. The van der Waals surface area contributed by atoms with E-state index in [1.54, 1.807) is 0 Å². The highest BCUT2D eigenvalue weighted by molar-refractivity contribution is 6.74. The first kappa shape index (κ1) is 40.8. The van der Waals surface area contributed by atoms with Gasteiger partial charge in [-0.25, -0.2) is 4.79 Å². The Labute approximate surface area is 273 Å². The standard InChI is InChI=1S/C35H65BO6Si2/c1-14-38-33(37)27-25-29(8)24-26-32(40-44(18-5,19-6)20-7)30(9)31(39-43(15-2,16-3)17-4)23-21-22-28-36-41-34(10,11)35(12,13)42-36/h21-25,27-28,30-32H,14-20,26H2,1-13H3/b23-21-,27-25+,28-22+,29-24+/t30-,31+,32+/m0/s1. The van der Waals surface area contributed by atoms with E-state index in [-0.39, 0.29) is 42.4 Å². The van der Waals surface area contributed by atoms with Crippen molar-refractivity contribution < 1.29 is 27.7 Å². The lowest BCUT2D eigenvalue weighted by atomic mass is 9.90. The quantitative estimate of drug-likeness (QED) is 0.0567. The van der Waals surface area contributed by atoms with Crippen LogP contribution in [0.2, 0.25) is 36.3 Å². The van der Waals surface area contributed by atoms with Crippen molar-refractivity contribution in [3.63, 3.8) is 0 Å². The zero-order valence-corrected chi connectivity index (χ0v) is 32.5. The van der Waals surface area contributed by atoms with Crippen molar-refractivity contribution in [2.75, 3.05) is 6.61 Å². The van der Waals surface area contributed by atoms with Crippen molar-refractivity contribution in [3.8, 4) is 0 Å². The Morgan fingerprint density at radius 3 is 1.77 bits per heavy atom. The third-order valence-electron chi connectivity index (χ3n) is 10.2. The van der Waals surface area contributed by atoms with Gasteiger partial charge >= 0.3 is 13.1 Å². The zero-order valence-electron chi connectivity index (χ0n) is 30.5. The van der Waals surface area contributed by atoms with Crippen LogP contribution in [0.25, 0.3) is 0 Å². The average molecular weight is 649 g/mol. The number of carbonyl (C=O) groups is 1. The molecule has 6 nitrogen and oxygen atoms in total. The minimum atomic E-state index is -1.92. The van der Waals surface area contributed by atoms with Crippen LogP contribution in [0.15, 0.2) is 48.0 Å². The normalized spacial score (nSPS) is 19.8. The summed E-state index contributed by atoms with van der Waals surface area (Å²) < 4.78 is 31.8. The van der Waals surface area contributed by atoms with Crippen molar-refractivity contribution >= 4 is 29.7 Å². The van der Waals surface area contributed by atoms with Crippen LogP contribution in [-0.2, 0) is 27.7 Å². The van der Waals surface area contributed by atoms with Gasteiger partial charge in [0, 0.05) is 12.0 Å². The molecule has 0 amide bonds. The van der Waals surface area contributed by atoms with Gasteiger partial charge in [0.25, 0.3) is 0 Å². The highest BCUT2D eigenvalue weighted by Crippen LogP contribution is 2.37. The number of esters is 1. The summed E-state index contributed by atoms with van der Waals surface area (Å²) in [7, 11) is -4.21. The maximum absolute atomic E-state index is 11.9. The molecule has 0 N–H and O–H groups in total. The zero-order chi connectivity index (χ0) is 33.6. The van der Waals surface area contributed by atoms with E-state index in [9.17, 15) is 4.79 Å². The Morgan fingerprint density at radius 2 is 1.30 bits per heavy atom. The van der Waals surface area contributed by atoms with Crippen LogP contribution < -0.4 is 0 Å². The second-order valence-electron chi connectivity index (χ2n) is 13.2. The molecule has 0 saturated carbocycles. The fourth-order valence-electron chi connectivity index (χ4n) is 5.57. The van der Waals surface area contributed by atoms with E-state index < -0.39 is 16.6 Å². The van der Waals surface area contributed by atoms with Crippen LogP contribution in [0.1, 0.15) is 96.4 Å². The Balaban J connectivity index is 3.42. The summed E-state index contributed by atoms with van der Waals surface area (Å²) in [4.78, 5) is 11.9. The van der Waals surface area contributed by atoms with E-state index in [1.165, 1.54) is 6.08 Å². The molecule has 1 heterocycles. The summed E-state index contributed by atoms with van der Waals surface area (Å²) >= 11 is 0. The van der Waals surface area contributed by atoms with Gasteiger partial charge in [-0.15, -0.1) is 0 Å². The molecule has 1 aliphatic rings. The van der Waals surface area contributed by atoms with Crippen molar-refractivity contribution in [2.24, 2.45) is 5.92 Å². The lowest BCUT2D eigenvalue weighted by Gasteiger charge is -2.40. The molecule has 0 spiro atoms. The molecule has 0 aromatic carbocycles. The van der Waals surface area contributed by atoms with Gasteiger partial charge in [0.15, 0.2) is 16.6 Å². The topological polar surface area (TPSA) is 63.2 Å². The Kier molecular flexibility index (Phi) is 17.4. The Morgan fingerprint density at radius 1 is 0.795 bits per heavy atom. The minimum absolute atomic E-state index is 0.00791. The summed E-state index contributed by atoms with van der Waals surface area (Å²) in [6, 6.07) is 6.52. The van der Waals surface area contributed by atoms with Gasteiger partial charge in [-0.2, -0.15) is 0 Å². The fourth-order valence-corrected chi connectivity index (χ4v) is 11.4. The molecule has 9 heteroatoms. The van der Waals surface area contributed by atoms with Gasteiger partial charge in [0.05, 0.1) is 30.0 Å². The first-order valence-corrected chi connectivity index (χ1v) is 22.3. The number of hydrogen-bond donors (Lipinski definition) is 0. The summed E-state index contributed by atoms with van der Waals surface area (Å²) in [6.07, 6.45) is 12.5. The monoisotopic (exact) mass is 648 g/mol. The van der Waals surface area contributed by atoms with Gasteiger partial charge in [-0.05, 0) is 84.2 Å². The molecule has 0 aliphatic carbocycles. The van der Waals surface area contributed by atoms with Crippen LogP contribution in [-0.4, -0.2) is 59.7 Å². The fraction of sp³-hybridized carbons (Fsp3) is 0.743. The second-order valence-corrected chi connectivity index (χ2v) is 22.7. The summed E-state index contributed by atoms with van der Waals surface area (Å²) in [5.41, 5.74) is 0.292. The van der Waals surface area contributed by atoms with Gasteiger partial charge in [0.1, 0.15) is 0 Å². The van der Waals surface area contributed by atoms with Crippen molar-refractivity contribution in [1.29, 1.82) is 0 Å². The number of hydrogen-bond acceptors (Lipinski definition) is 6. The SMILES string of the molecule is CCOC(=O)/C=C/C(C)=C/C[C@@H](O[Si](CC)(CC)CC)[C@@H](C)[C@@H](/C=C\C=C\B1OC(C)(C)C(C)(C)O1)O[Si](CC)(CC)CC. The maximum Gasteiger partial charge on any atom is 0.487 e. The predicted octanol–water partition coefficient (Wildman–Crippen LogP) is 9.60. The van der Waals surface area contributed by atoms with Gasteiger partial charge in [-0.1, -0.05) is 90.4 Å². The van der Waals surface area contributed by atoms with E-state index >= 15 is 0 Å². The Bertz CT molecular complexity index is 949. The number of allylic oxidation sites excluding steroid dienone is 4. The first-order chi connectivity index (χ1) is 20.6. The van der Waals surface area contributed by atoms with Crippen molar-refractivity contribution in [3.05, 3.63) is 48.0 Å². The van der Waals surface area contributed by atoms with Crippen LogP contribution in [0.4, 0.5) is 0 Å². The lowest BCUT2D eigenvalue weighted by Crippen LogP contribution is -2.47. The third-order valence-corrected chi connectivity index (χ3v) is 19.5. The molecule has 1 saturated heterocycles. The number of carbonyl (C=O) groups excluding carboxylic acids is 1. The summed E-state index contributed by atoms with van der Waals surface area (Å²) in [5.74, 6) is 1.79. The van der Waals surface area contributed by atoms with E-state index in [0.29, 0.717) is 6.61 Å². The molecule has 44 heavy (non-hydrogen) atoms. The summed E-state index contributed by atoms with van der Waals surface area (Å²) in [5, 5.41) is 0. The van der Waals surface area contributed by atoms with Crippen molar-refractivity contribution in [1.82, 2.24) is 0 Å². The van der Waals surface area contributed by atoms with E-state index in [1.807, 2.05) is 32.0 Å². The molecule has 0 radical (unpaired) electrons. The van der Waals surface area contributed by atoms with Gasteiger partial charge in [0.2, 0.25) is 0 Å². The minimum Gasteiger partial charge on any atom is -0.463 e. The molecule has 1 rings (SSSR count). The molecule has 0 aromatic rings. The molecule has 1 fully saturated rings. The van der Waals surface area contributed by atoms with Crippen molar-refractivity contribution in [2.45, 2.75) is 156 Å². The molecule has 0 unspecified atom stereocenters. The molecular weight excluding hydrogens is 583 g/mol. The van der Waals surface area contributed by atoms with E-state index in [4.69, 9.17) is 22.9 Å². The molecule has 1 aliphatic heterocycles. The third kappa shape index (κ3) is 11.8. The van der Waals surface area contributed by atoms with Crippen LogP contribution >= 0.6 is 0 Å². The molecule has 3 atom stereocenters. The highest BCUT2D eigenvalue weighted by Gasteiger charge is 2.50. The highest BCUT2D eigenvalue weighted by atomic mass is 28.4. The van der Waals surface area contributed by atoms with E-state index in [0.717, 1.165) is 48.3 Å². The molecule has 252 valence electrons. The molecule has 0 bridgehead atoms. The Hall–Kier alpha value is -1.23. The van der Waals surface area contributed by atoms with E-state index in [2.05, 4.69) is 94.4 Å². The first-order valence-electron chi connectivity index (χ1n) is 17.2.